The molecule has 2 atom stereocenters. The van der Waals surface area contributed by atoms with E-state index in [9.17, 15) is 9.90 Å². The van der Waals surface area contributed by atoms with E-state index in [-0.39, 0.29) is 11.9 Å². The van der Waals surface area contributed by atoms with E-state index < -0.39 is 6.10 Å². The van der Waals surface area contributed by atoms with E-state index in [1.54, 1.807) is 17.0 Å². The molecule has 1 aromatic heterocycles. The van der Waals surface area contributed by atoms with Crippen LogP contribution in [0, 0.1) is 0 Å². The molecule has 1 aliphatic heterocycles. The number of hydrogen-bond donors (Lipinski definition) is 1. The maximum absolute atomic E-state index is 13.1. The minimum atomic E-state index is -1.14. The third-order valence-electron chi connectivity index (χ3n) is 4.79. The lowest BCUT2D eigenvalue weighted by molar-refractivity contribution is -0.143. The molecule has 3 aromatic rings. The summed E-state index contributed by atoms with van der Waals surface area (Å²) in [5.41, 5.74) is 2.75. The van der Waals surface area contributed by atoms with Gasteiger partial charge in [0.15, 0.2) is 6.10 Å². The quantitative estimate of drug-likeness (QED) is 0.801. The second kappa shape index (κ2) is 6.57. The number of benzene rings is 2. The molecule has 0 aliphatic carbocycles. The molecular weight excluding hydrogens is 312 g/mol. The lowest BCUT2D eigenvalue weighted by atomic mass is 9.98. The van der Waals surface area contributed by atoms with Crippen LogP contribution in [0.5, 0.6) is 0 Å². The molecule has 1 N–H and O–H groups in total. The van der Waals surface area contributed by atoms with E-state index in [1.807, 2.05) is 66.9 Å². The van der Waals surface area contributed by atoms with Gasteiger partial charge >= 0.3 is 0 Å². The van der Waals surface area contributed by atoms with Crippen molar-refractivity contribution in [2.45, 2.75) is 18.7 Å². The summed E-state index contributed by atoms with van der Waals surface area (Å²) in [7, 11) is 0. The summed E-state index contributed by atoms with van der Waals surface area (Å²) in [6, 6.07) is 23.0. The van der Waals surface area contributed by atoms with Crippen LogP contribution in [0.1, 0.15) is 29.0 Å². The zero-order valence-electron chi connectivity index (χ0n) is 13.8. The van der Waals surface area contributed by atoms with Crippen molar-refractivity contribution in [1.82, 2.24) is 9.47 Å². The highest BCUT2D eigenvalue weighted by atomic mass is 16.3. The summed E-state index contributed by atoms with van der Waals surface area (Å²) >= 11 is 0. The molecule has 2 aromatic carbocycles. The van der Waals surface area contributed by atoms with Gasteiger partial charge in [-0.25, -0.2) is 0 Å². The van der Waals surface area contributed by atoms with Crippen LogP contribution in [0.25, 0.3) is 0 Å². The number of rotatable bonds is 3. The van der Waals surface area contributed by atoms with Gasteiger partial charge in [0.25, 0.3) is 5.91 Å². The number of aliphatic hydroxyl groups excluding tert-OH is 1. The predicted molar refractivity (Wildman–Crippen MR) is 95.8 cm³/mol. The molecule has 1 aliphatic rings. The standard InChI is InChI=1S/C21H20N2O2/c24-20(17-10-5-2-6-11-17)21(25)23-15-14-22-13-7-12-18(22)19(23)16-8-3-1-4-9-16/h1-13,19-20,24H,14-15H2. The Morgan fingerprint density at radius 1 is 0.920 bits per heavy atom. The van der Waals surface area contributed by atoms with Crippen molar-refractivity contribution in [2.75, 3.05) is 6.54 Å². The molecule has 4 heteroatoms. The van der Waals surface area contributed by atoms with E-state index in [0.717, 1.165) is 17.8 Å². The van der Waals surface area contributed by atoms with Crippen LogP contribution in [0.3, 0.4) is 0 Å². The van der Waals surface area contributed by atoms with Gasteiger partial charge in [0.1, 0.15) is 0 Å². The van der Waals surface area contributed by atoms with Crippen molar-refractivity contribution in [1.29, 1.82) is 0 Å². The maximum Gasteiger partial charge on any atom is 0.256 e. The molecule has 1 amide bonds. The molecule has 2 unspecified atom stereocenters. The van der Waals surface area contributed by atoms with Crippen LogP contribution in [0.2, 0.25) is 0 Å². The molecule has 2 heterocycles. The first-order chi connectivity index (χ1) is 12.3. The Kier molecular flexibility index (Phi) is 4.12. The molecule has 4 rings (SSSR count). The summed E-state index contributed by atoms with van der Waals surface area (Å²) in [6.45, 7) is 1.31. The average molecular weight is 332 g/mol. The van der Waals surface area contributed by atoms with Crippen LogP contribution >= 0.6 is 0 Å². The Bertz CT molecular complexity index is 858. The molecule has 4 nitrogen and oxygen atoms in total. The number of aromatic nitrogens is 1. The summed E-state index contributed by atoms with van der Waals surface area (Å²) < 4.78 is 2.18. The Hall–Kier alpha value is -2.85. The third-order valence-corrected chi connectivity index (χ3v) is 4.79. The minimum absolute atomic E-state index is 0.184. The highest BCUT2D eigenvalue weighted by molar-refractivity contribution is 5.83. The molecule has 0 saturated heterocycles. The number of carbonyl (C=O) groups excluding carboxylic acids is 1. The molecular formula is C21H20N2O2. The first-order valence-corrected chi connectivity index (χ1v) is 8.49. The third kappa shape index (κ3) is 2.85. The van der Waals surface area contributed by atoms with Crippen molar-refractivity contribution in [3.05, 3.63) is 95.8 Å². The van der Waals surface area contributed by atoms with E-state index in [2.05, 4.69) is 4.57 Å². The summed E-state index contributed by atoms with van der Waals surface area (Å²) in [5.74, 6) is -0.257. The van der Waals surface area contributed by atoms with Crippen molar-refractivity contribution in [3.63, 3.8) is 0 Å². The Balaban J connectivity index is 1.71. The lowest BCUT2D eigenvalue weighted by Gasteiger charge is -2.38. The van der Waals surface area contributed by atoms with Gasteiger partial charge in [-0.2, -0.15) is 0 Å². The molecule has 0 fully saturated rings. The van der Waals surface area contributed by atoms with Crippen LogP contribution in [0.15, 0.2) is 79.0 Å². The van der Waals surface area contributed by atoms with Gasteiger partial charge in [-0.15, -0.1) is 0 Å². The predicted octanol–water partition coefficient (Wildman–Crippen LogP) is 3.15. The van der Waals surface area contributed by atoms with Gasteiger partial charge in [-0.05, 0) is 23.3 Å². The Morgan fingerprint density at radius 3 is 2.32 bits per heavy atom. The lowest BCUT2D eigenvalue weighted by Crippen LogP contribution is -2.44. The smallest absolute Gasteiger partial charge is 0.256 e. The van der Waals surface area contributed by atoms with Crippen molar-refractivity contribution < 1.29 is 9.90 Å². The van der Waals surface area contributed by atoms with Crippen molar-refractivity contribution >= 4 is 5.91 Å². The van der Waals surface area contributed by atoms with Crippen LogP contribution in [0.4, 0.5) is 0 Å². The zero-order valence-corrected chi connectivity index (χ0v) is 13.8. The number of aliphatic hydroxyl groups is 1. The van der Waals surface area contributed by atoms with E-state index >= 15 is 0 Å². The van der Waals surface area contributed by atoms with Crippen LogP contribution in [-0.4, -0.2) is 27.0 Å². The second-order valence-corrected chi connectivity index (χ2v) is 6.28. The number of nitrogens with zero attached hydrogens (tertiary/aromatic N) is 2. The highest BCUT2D eigenvalue weighted by Crippen LogP contribution is 2.34. The van der Waals surface area contributed by atoms with Gasteiger partial charge in [0, 0.05) is 25.0 Å². The number of hydrogen-bond acceptors (Lipinski definition) is 2. The summed E-state index contributed by atoms with van der Waals surface area (Å²) in [4.78, 5) is 14.9. The SMILES string of the molecule is O=C(C(O)c1ccccc1)N1CCn2cccc2C1c1ccccc1. The Labute approximate surface area is 146 Å². The van der Waals surface area contributed by atoms with Gasteiger partial charge in [-0.1, -0.05) is 60.7 Å². The number of fused-ring (bicyclic) bond motifs is 1. The monoisotopic (exact) mass is 332 g/mol. The maximum atomic E-state index is 13.1. The molecule has 0 radical (unpaired) electrons. The topological polar surface area (TPSA) is 45.5 Å². The fourth-order valence-corrected chi connectivity index (χ4v) is 3.54. The average Bonchev–Trinajstić information content (AvgIpc) is 3.16. The fraction of sp³-hybridized carbons (Fsp3) is 0.190. The molecule has 0 bridgehead atoms. The zero-order chi connectivity index (χ0) is 17.2. The summed E-state index contributed by atoms with van der Waals surface area (Å²) in [6.07, 6.45) is 0.898. The first kappa shape index (κ1) is 15.7. The minimum Gasteiger partial charge on any atom is -0.378 e. The van der Waals surface area contributed by atoms with E-state index in [1.165, 1.54) is 0 Å². The van der Waals surface area contributed by atoms with Crippen molar-refractivity contribution in [2.24, 2.45) is 0 Å². The normalized spacial score (nSPS) is 17.8. The van der Waals surface area contributed by atoms with Crippen LogP contribution < -0.4 is 0 Å². The van der Waals surface area contributed by atoms with Crippen molar-refractivity contribution in [3.8, 4) is 0 Å². The van der Waals surface area contributed by atoms with Gasteiger partial charge in [0.2, 0.25) is 0 Å². The van der Waals surface area contributed by atoms with E-state index in [4.69, 9.17) is 0 Å². The molecule has 0 spiro atoms. The Morgan fingerprint density at radius 2 is 1.60 bits per heavy atom. The van der Waals surface area contributed by atoms with Gasteiger partial charge in [0.05, 0.1) is 6.04 Å². The van der Waals surface area contributed by atoms with Crippen LogP contribution in [-0.2, 0) is 11.3 Å². The number of carbonyl (C=O) groups is 1. The van der Waals surface area contributed by atoms with Gasteiger partial charge < -0.3 is 14.6 Å². The fourth-order valence-electron chi connectivity index (χ4n) is 3.54. The highest BCUT2D eigenvalue weighted by Gasteiger charge is 2.35. The molecule has 25 heavy (non-hydrogen) atoms. The van der Waals surface area contributed by atoms with Gasteiger partial charge in [-0.3, -0.25) is 4.79 Å². The first-order valence-electron chi connectivity index (χ1n) is 8.49. The summed E-state index contributed by atoms with van der Waals surface area (Å²) in [5, 5.41) is 10.6. The molecule has 0 saturated carbocycles. The van der Waals surface area contributed by atoms with E-state index in [0.29, 0.717) is 12.1 Å². The second-order valence-electron chi connectivity index (χ2n) is 6.28. The largest absolute Gasteiger partial charge is 0.378 e. The number of amides is 1. The molecule has 126 valence electrons.